The largest absolute Gasteiger partial charge is 0.481 e. The molecule has 5 heteroatoms. The molecule has 1 aliphatic heterocycles. The highest BCUT2D eigenvalue weighted by atomic mass is 16.5. The average Bonchev–Trinajstić information content (AvgIpc) is 2.68. The fourth-order valence-electron chi connectivity index (χ4n) is 3.73. The van der Waals surface area contributed by atoms with Crippen LogP contribution >= 0.6 is 0 Å². The summed E-state index contributed by atoms with van der Waals surface area (Å²) in [6.07, 6.45) is 1.24. The van der Waals surface area contributed by atoms with Crippen LogP contribution in [0.4, 0.5) is 5.69 Å². The monoisotopic (exact) mass is 367 g/mol. The quantitative estimate of drug-likeness (QED) is 0.841. The Morgan fingerprint density at radius 3 is 2.48 bits per heavy atom. The summed E-state index contributed by atoms with van der Waals surface area (Å²) in [6, 6.07) is 15.0. The fraction of sp³-hybridized carbons (Fsp3) is 0.364. The highest BCUT2D eigenvalue weighted by molar-refractivity contribution is 5.99. The second-order valence-electron chi connectivity index (χ2n) is 7.15. The number of ether oxygens (including phenoxy) is 1. The normalized spacial score (nSPS) is 17.1. The van der Waals surface area contributed by atoms with E-state index in [2.05, 4.69) is 5.32 Å². The number of amides is 1. The number of rotatable bonds is 5. The number of benzene rings is 2. The number of aryl methyl sites for hydroxylation is 1. The van der Waals surface area contributed by atoms with Gasteiger partial charge in [-0.1, -0.05) is 36.4 Å². The van der Waals surface area contributed by atoms with Gasteiger partial charge in [-0.25, -0.2) is 0 Å². The van der Waals surface area contributed by atoms with Crippen LogP contribution in [-0.2, 0) is 19.7 Å². The van der Waals surface area contributed by atoms with Gasteiger partial charge in [0.2, 0.25) is 5.91 Å². The van der Waals surface area contributed by atoms with Crippen LogP contribution in [0.3, 0.4) is 0 Å². The third-order valence-corrected chi connectivity index (χ3v) is 5.46. The lowest BCUT2D eigenvalue weighted by Gasteiger charge is -2.37. The van der Waals surface area contributed by atoms with Gasteiger partial charge >= 0.3 is 5.97 Å². The van der Waals surface area contributed by atoms with Crippen molar-refractivity contribution in [3.05, 3.63) is 65.2 Å². The van der Waals surface area contributed by atoms with Crippen LogP contribution in [0.2, 0.25) is 0 Å². The van der Waals surface area contributed by atoms with E-state index in [1.54, 1.807) is 31.2 Å². The maximum absolute atomic E-state index is 13.4. The third-order valence-electron chi connectivity index (χ3n) is 5.46. The predicted molar refractivity (Wildman–Crippen MR) is 104 cm³/mol. The van der Waals surface area contributed by atoms with E-state index in [-0.39, 0.29) is 5.91 Å². The molecule has 1 atom stereocenters. The molecule has 0 saturated carbocycles. The molecule has 5 nitrogen and oxygen atoms in total. The van der Waals surface area contributed by atoms with Crippen molar-refractivity contribution in [3.63, 3.8) is 0 Å². The predicted octanol–water partition coefficient (Wildman–Crippen LogP) is 3.87. The molecule has 2 aromatic carbocycles. The number of hydrogen-bond acceptors (Lipinski definition) is 3. The van der Waals surface area contributed by atoms with Gasteiger partial charge in [0.1, 0.15) is 0 Å². The Morgan fingerprint density at radius 1 is 1.11 bits per heavy atom. The summed E-state index contributed by atoms with van der Waals surface area (Å²) in [6.45, 7) is 4.74. The van der Waals surface area contributed by atoms with Crippen molar-refractivity contribution in [2.45, 2.75) is 38.0 Å². The number of carboxylic acids is 1. The number of carbonyl (C=O) groups excluding carboxylic acids is 1. The first kappa shape index (κ1) is 19.1. The number of carboxylic acid groups (broad SMARTS) is 1. The van der Waals surface area contributed by atoms with E-state index in [1.165, 1.54) is 0 Å². The smallest absolute Gasteiger partial charge is 0.310 e. The molecule has 2 N–H and O–H groups in total. The summed E-state index contributed by atoms with van der Waals surface area (Å²) < 4.78 is 5.52. The lowest BCUT2D eigenvalue weighted by Crippen LogP contribution is -2.45. The Morgan fingerprint density at radius 2 is 1.81 bits per heavy atom. The van der Waals surface area contributed by atoms with Crippen LogP contribution in [0, 0.1) is 6.92 Å². The molecule has 0 radical (unpaired) electrons. The lowest BCUT2D eigenvalue weighted by atomic mass is 9.71. The Bertz CT molecular complexity index is 840. The van der Waals surface area contributed by atoms with E-state index >= 15 is 0 Å². The molecule has 0 bridgehead atoms. The van der Waals surface area contributed by atoms with Crippen molar-refractivity contribution in [1.82, 2.24) is 0 Å². The molecular formula is C22H25NO4. The van der Waals surface area contributed by atoms with Gasteiger partial charge in [-0.15, -0.1) is 0 Å². The fourth-order valence-corrected chi connectivity index (χ4v) is 3.73. The Kier molecular flexibility index (Phi) is 5.61. The molecule has 27 heavy (non-hydrogen) atoms. The van der Waals surface area contributed by atoms with E-state index in [4.69, 9.17) is 4.74 Å². The molecule has 3 rings (SSSR count). The van der Waals surface area contributed by atoms with E-state index in [0.29, 0.717) is 37.3 Å². The zero-order valence-corrected chi connectivity index (χ0v) is 15.7. The molecule has 1 amide bonds. The number of hydrogen-bond donors (Lipinski definition) is 2. The van der Waals surface area contributed by atoms with Gasteiger partial charge < -0.3 is 15.2 Å². The third kappa shape index (κ3) is 3.88. The minimum absolute atomic E-state index is 0.0692. The van der Waals surface area contributed by atoms with Gasteiger partial charge in [0.15, 0.2) is 0 Å². The number of aliphatic carboxylic acids is 1. The average molecular weight is 367 g/mol. The first-order chi connectivity index (χ1) is 12.9. The molecule has 142 valence electrons. The highest BCUT2D eigenvalue weighted by Crippen LogP contribution is 2.38. The number of anilines is 1. The second-order valence-corrected chi connectivity index (χ2v) is 7.15. The number of carbonyl (C=O) groups is 2. The molecular weight excluding hydrogens is 342 g/mol. The van der Waals surface area contributed by atoms with Crippen molar-refractivity contribution in [2.24, 2.45) is 0 Å². The van der Waals surface area contributed by atoms with E-state index < -0.39 is 17.3 Å². The maximum Gasteiger partial charge on any atom is 0.310 e. The Balaban J connectivity index is 1.91. The number of nitrogens with one attached hydrogen (secondary N) is 1. The molecule has 2 aromatic rings. The molecule has 1 aliphatic rings. The van der Waals surface area contributed by atoms with E-state index in [9.17, 15) is 14.7 Å². The molecule has 1 saturated heterocycles. The van der Waals surface area contributed by atoms with Crippen LogP contribution in [0.25, 0.3) is 0 Å². The van der Waals surface area contributed by atoms with Crippen molar-refractivity contribution in [1.29, 1.82) is 0 Å². The first-order valence-corrected chi connectivity index (χ1v) is 9.22. The van der Waals surface area contributed by atoms with Gasteiger partial charge in [0.05, 0.1) is 11.3 Å². The summed E-state index contributed by atoms with van der Waals surface area (Å²) in [5, 5.41) is 12.3. The van der Waals surface area contributed by atoms with Crippen LogP contribution in [-0.4, -0.2) is 30.2 Å². The maximum atomic E-state index is 13.4. The minimum atomic E-state index is -0.890. The van der Waals surface area contributed by atoms with Gasteiger partial charge in [-0.3, -0.25) is 9.59 Å². The van der Waals surface area contributed by atoms with Crippen LogP contribution in [0.5, 0.6) is 0 Å². The molecule has 0 aliphatic carbocycles. The van der Waals surface area contributed by atoms with Crippen LogP contribution < -0.4 is 5.32 Å². The Hall–Kier alpha value is -2.66. The summed E-state index contributed by atoms with van der Waals surface area (Å²) in [4.78, 5) is 24.6. The first-order valence-electron chi connectivity index (χ1n) is 9.22. The van der Waals surface area contributed by atoms with Gasteiger partial charge in [-0.05, 0) is 55.5 Å². The van der Waals surface area contributed by atoms with Gasteiger partial charge in [0.25, 0.3) is 0 Å². The summed E-state index contributed by atoms with van der Waals surface area (Å²) in [5.41, 5.74) is 2.75. The zero-order chi connectivity index (χ0) is 19.4. The van der Waals surface area contributed by atoms with Crippen LogP contribution in [0.15, 0.2) is 48.5 Å². The molecule has 0 aromatic heterocycles. The molecule has 1 heterocycles. The van der Waals surface area contributed by atoms with E-state index in [0.717, 1.165) is 11.1 Å². The van der Waals surface area contributed by atoms with E-state index in [1.807, 2.05) is 31.2 Å². The standard InChI is InChI=1S/C22H25NO4/c1-15-6-3-4-9-19(15)22(10-12-27-13-11-22)21(26)23-18-8-5-7-17(14-18)16(2)20(24)25/h3-9,14,16H,10-13H2,1-2H3,(H,23,26)(H,24,25). The second kappa shape index (κ2) is 7.92. The lowest BCUT2D eigenvalue weighted by molar-refractivity contribution is -0.138. The topological polar surface area (TPSA) is 75.6 Å². The highest BCUT2D eigenvalue weighted by Gasteiger charge is 2.42. The van der Waals surface area contributed by atoms with Crippen LogP contribution in [0.1, 0.15) is 42.4 Å². The van der Waals surface area contributed by atoms with Gasteiger partial charge in [-0.2, -0.15) is 0 Å². The van der Waals surface area contributed by atoms with Crippen molar-refractivity contribution >= 4 is 17.6 Å². The minimum Gasteiger partial charge on any atom is -0.481 e. The summed E-state index contributed by atoms with van der Waals surface area (Å²) in [7, 11) is 0. The van der Waals surface area contributed by atoms with Crippen molar-refractivity contribution < 1.29 is 19.4 Å². The van der Waals surface area contributed by atoms with Gasteiger partial charge in [0, 0.05) is 18.9 Å². The molecule has 1 unspecified atom stereocenters. The SMILES string of the molecule is Cc1ccccc1C1(C(=O)Nc2cccc(C(C)C(=O)O)c2)CCOCC1. The summed E-state index contributed by atoms with van der Waals surface area (Å²) >= 11 is 0. The molecule has 0 spiro atoms. The van der Waals surface area contributed by atoms with Crippen molar-refractivity contribution in [2.75, 3.05) is 18.5 Å². The Labute approximate surface area is 159 Å². The van der Waals surface area contributed by atoms with Crippen molar-refractivity contribution in [3.8, 4) is 0 Å². The molecule has 1 fully saturated rings. The summed E-state index contributed by atoms with van der Waals surface area (Å²) in [5.74, 6) is -1.59. The zero-order valence-electron chi connectivity index (χ0n) is 15.7.